The van der Waals surface area contributed by atoms with E-state index in [0.717, 1.165) is 17.9 Å². The van der Waals surface area contributed by atoms with Crippen molar-refractivity contribution in [3.63, 3.8) is 0 Å². The van der Waals surface area contributed by atoms with Gasteiger partial charge in [0.25, 0.3) is 5.91 Å². The zero-order valence-corrected chi connectivity index (χ0v) is 11.4. The van der Waals surface area contributed by atoms with E-state index in [9.17, 15) is 4.79 Å². The summed E-state index contributed by atoms with van der Waals surface area (Å²) in [6, 6.07) is 1.91. The van der Waals surface area contributed by atoms with Crippen molar-refractivity contribution in [2.75, 3.05) is 26.0 Å². The number of aryl methyl sites for hydroxylation is 1. The Morgan fingerprint density at radius 2 is 2.28 bits per heavy atom. The SMILES string of the molecule is CNc1cc(C)ncc1C(=O)N(C)CC1CCC1. The molecule has 1 aromatic heterocycles. The lowest BCUT2D eigenvalue weighted by atomic mass is 9.85. The number of anilines is 1. The molecule has 0 radical (unpaired) electrons. The van der Waals surface area contributed by atoms with Crippen LogP contribution in [0.5, 0.6) is 0 Å². The highest BCUT2D eigenvalue weighted by Gasteiger charge is 2.23. The number of rotatable bonds is 4. The summed E-state index contributed by atoms with van der Waals surface area (Å²) in [6.07, 6.45) is 5.48. The lowest BCUT2D eigenvalue weighted by Gasteiger charge is -2.30. The number of aromatic nitrogens is 1. The van der Waals surface area contributed by atoms with Crippen LogP contribution in [0.1, 0.15) is 35.3 Å². The molecule has 1 aliphatic rings. The van der Waals surface area contributed by atoms with E-state index >= 15 is 0 Å². The highest BCUT2D eigenvalue weighted by molar-refractivity contribution is 5.99. The van der Waals surface area contributed by atoms with Crippen LogP contribution in [0.25, 0.3) is 0 Å². The van der Waals surface area contributed by atoms with Gasteiger partial charge in [-0.15, -0.1) is 0 Å². The third-order valence-corrected chi connectivity index (χ3v) is 3.64. The Hall–Kier alpha value is -1.58. The Bertz CT molecular complexity index is 441. The molecule has 1 N–H and O–H groups in total. The summed E-state index contributed by atoms with van der Waals surface area (Å²) < 4.78 is 0. The standard InChI is InChI=1S/C14H21N3O/c1-10-7-13(15-2)12(8-16-10)14(18)17(3)9-11-5-4-6-11/h7-8,11H,4-6,9H2,1-3H3,(H,15,16). The van der Waals surface area contributed by atoms with Gasteiger partial charge in [0.15, 0.2) is 0 Å². The van der Waals surface area contributed by atoms with Crippen LogP contribution in [-0.4, -0.2) is 36.4 Å². The molecule has 0 saturated heterocycles. The number of carbonyl (C=O) groups is 1. The maximum Gasteiger partial charge on any atom is 0.257 e. The molecule has 0 atom stereocenters. The molecule has 1 aliphatic carbocycles. The van der Waals surface area contributed by atoms with Gasteiger partial charge < -0.3 is 10.2 Å². The molecule has 2 rings (SSSR count). The van der Waals surface area contributed by atoms with E-state index in [0.29, 0.717) is 11.5 Å². The van der Waals surface area contributed by atoms with E-state index in [1.807, 2.05) is 32.0 Å². The third-order valence-electron chi connectivity index (χ3n) is 3.64. The maximum absolute atomic E-state index is 12.4. The lowest BCUT2D eigenvalue weighted by Crippen LogP contribution is -2.34. The van der Waals surface area contributed by atoms with Crippen LogP contribution < -0.4 is 5.32 Å². The Labute approximate surface area is 108 Å². The van der Waals surface area contributed by atoms with Crippen molar-refractivity contribution < 1.29 is 4.79 Å². The smallest absolute Gasteiger partial charge is 0.257 e. The minimum atomic E-state index is 0.0544. The predicted molar refractivity (Wildman–Crippen MR) is 72.8 cm³/mol. The molecule has 0 bridgehead atoms. The molecule has 18 heavy (non-hydrogen) atoms. The third kappa shape index (κ3) is 2.63. The Morgan fingerprint density at radius 1 is 1.56 bits per heavy atom. The van der Waals surface area contributed by atoms with Gasteiger partial charge in [0.2, 0.25) is 0 Å². The first-order valence-electron chi connectivity index (χ1n) is 6.51. The normalized spacial score (nSPS) is 15.1. The van der Waals surface area contributed by atoms with Crippen LogP contribution in [0.15, 0.2) is 12.3 Å². The molecular weight excluding hydrogens is 226 g/mol. The van der Waals surface area contributed by atoms with E-state index in [1.54, 1.807) is 6.20 Å². The number of nitrogens with zero attached hydrogens (tertiary/aromatic N) is 2. The highest BCUT2D eigenvalue weighted by Crippen LogP contribution is 2.27. The fraction of sp³-hybridized carbons (Fsp3) is 0.571. The van der Waals surface area contributed by atoms with E-state index in [2.05, 4.69) is 10.3 Å². The van der Waals surface area contributed by atoms with Crippen LogP contribution in [0.3, 0.4) is 0 Å². The molecule has 0 aromatic carbocycles. The summed E-state index contributed by atoms with van der Waals surface area (Å²) in [4.78, 5) is 18.4. The monoisotopic (exact) mass is 247 g/mol. The second-order valence-electron chi connectivity index (χ2n) is 5.10. The van der Waals surface area contributed by atoms with Gasteiger partial charge >= 0.3 is 0 Å². The minimum Gasteiger partial charge on any atom is -0.387 e. The zero-order valence-electron chi connectivity index (χ0n) is 11.4. The quantitative estimate of drug-likeness (QED) is 0.888. The Morgan fingerprint density at radius 3 is 2.83 bits per heavy atom. The van der Waals surface area contributed by atoms with E-state index in [-0.39, 0.29) is 5.91 Å². The van der Waals surface area contributed by atoms with Crippen molar-refractivity contribution in [2.45, 2.75) is 26.2 Å². The van der Waals surface area contributed by atoms with Crippen LogP contribution in [0, 0.1) is 12.8 Å². The maximum atomic E-state index is 12.4. The Kier molecular flexibility index (Phi) is 3.84. The summed E-state index contributed by atoms with van der Waals surface area (Å²) in [5.41, 5.74) is 2.43. The predicted octanol–water partition coefficient (Wildman–Crippen LogP) is 2.30. The van der Waals surface area contributed by atoms with Crippen molar-refractivity contribution in [2.24, 2.45) is 5.92 Å². The number of hydrogen-bond acceptors (Lipinski definition) is 3. The van der Waals surface area contributed by atoms with E-state index in [1.165, 1.54) is 19.3 Å². The van der Waals surface area contributed by atoms with Crippen LogP contribution in [-0.2, 0) is 0 Å². The van der Waals surface area contributed by atoms with Crippen LogP contribution >= 0.6 is 0 Å². The van der Waals surface area contributed by atoms with Gasteiger partial charge in [0.1, 0.15) is 0 Å². The first-order valence-corrected chi connectivity index (χ1v) is 6.51. The fourth-order valence-electron chi connectivity index (χ4n) is 2.29. The van der Waals surface area contributed by atoms with E-state index in [4.69, 9.17) is 0 Å². The summed E-state index contributed by atoms with van der Waals surface area (Å²) in [5, 5.41) is 3.07. The number of hydrogen-bond donors (Lipinski definition) is 1. The van der Waals surface area contributed by atoms with Crippen LogP contribution in [0.4, 0.5) is 5.69 Å². The molecule has 1 aromatic rings. The topological polar surface area (TPSA) is 45.2 Å². The van der Waals surface area contributed by atoms with Crippen LogP contribution in [0.2, 0.25) is 0 Å². The van der Waals surface area contributed by atoms with Gasteiger partial charge in [0.05, 0.1) is 11.3 Å². The van der Waals surface area contributed by atoms with Crippen molar-refractivity contribution in [1.29, 1.82) is 0 Å². The molecule has 1 fully saturated rings. The number of amides is 1. The number of carbonyl (C=O) groups excluding carboxylic acids is 1. The summed E-state index contributed by atoms with van der Waals surface area (Å²) in [5.74, 6) is 0.745. The fourth-order valence-corrected chi connectivity index (χ4v) is 2.29. The average Bonchev–Trinajstić information content (AvgIpc) is 2.32. The molecule has 4 heteroatoms. The Balaban J connectivity index is 2.11. The van der Waals surface area contributed by atoms with Gasteiger partial charge in [-0.1, -0.05) is 6.42 Å². The zero-order chi connectivity index (χ0) is 13.1. The molecule has 0 spiro atoms. The van der Waals surface area contributed by atoms with Gasteiger partial charge in [-0.25, -0.2) is 0 Å². The van der Waals surface area contributed by atoms with Gasteiger partial charge in [0, 0.05) is 32.5 Å². The second kappa shape index (κ2) is 5.38. The van der Waals surface area contributed by atoms with E-state index < -0.39 is 0 Å². The highest BCUT2D eigenvalue weighted by atomic mass is 16.2. The molecule has 1 amide bonds. The lowest BCUT2D eigenvalue weighted by molar-refractivity contribution is 0.0746. The van der Waals surface area contributed by atoms with Crippen molar-refractivity contribution >= 4 is 11.6 Å². The molecule has 1 heterocycles. The van der Waals surface area contributed by atoms with Gasteiger partial charge in [-0.05, 0) is 31.7 Å². The summed E-state index contributed by atoms with van der Waals surface area (Å²) >= 11 is 0. The summed E-state index contributed by atoms with van der Waals surface area (Å²) in [7, 11) is 3.71. The second-order valence-corrected chi connectivity index (χ2v) is 5.10. The van der Waals surface area contributed by atoms with Gasteiger partial charge in [-0.3, -0.25) is 9.78 Å². The van der Waals surface area contributed by atoms with Gasteiger partial charge in [-0.2, -0.15) is 0 Å². The van der Waals surface area contributed by atoms with Crippen molar-refractivity contribution in [1.82, 2.24) is 9.88 Å². The van der Waals surface area contributed by atoms with Crippen molar-refractivity contribution in [3.05, 3.63) is 23.5 Å². The average molecular weight is 247 g/mol. The molecule has 0 unspecified atom stereocenters. The molecule has 1 saturated carbocycles. The first kappa shape index (κ1) is 12.9. The van der Waals surface area contributed by atoms with Crippen molar-refractivity contribution in [3.8, 4) is 0 Å². The largest absolute Gasteiger partial charge is 0.387 e. The number of pyridine rings is 1. The molecule has 4 nitrogen and oxygen atoms in total. The minimum absolute atomic E-state index is 0.0544. The number of nitrogens with one attached hydrogen (secondary N) is 1. The molecule has 98 valence electrons. The summed E-state index contributed by atoms with van der Waals surface area (Å²) in [6.45, 7) is 2.78. The molecule has 0 aliphatic heterocycles. The molecular formula is C14H21N3O. The first-order chi connectivity index (χ1) is 8.61.